The molecule has 1 aliphatic rings. The fourth-order valence-electron chi connectivity index (χ4n) is 1.56. The van der Waals surface area contributed by atoms with Gasteiger partial charge in [0.15, 0.2) is 0 Å². The number of carbonyl (C=O) groups is 2. The van der Waals surface area contributed by atoms with Gasteiger partial charge in [0.1, 0.15) is 5.78 Å². The summed E-state index contributed by atoms with van der Waals surface area (Å²) < 4.78 is 5.13. The zero-order chi connectivity index (χ0) is 11.5. The summed E-state index contributed by atoms with van der Waals surface area (Å²) in [5.41, 5.74) is 0.541. The molecule has 1 aliphatic carbocycles. The van der Waals surface area contributed by atoms with Gasteiger partial charge in [-0.2, -0.15) is 0 Å². The van der Waals surface area contributed by atoms with Crippen LogP contribution in [0.15, 0.2) is 30.3 Å². The van der Waals surface area contributed by atoms with E-state index in [9.17, 15) is 9.59 Å². The van der Waals surface area contributed by atoms with Gasteiger partial charge < -0.3 is 4.74 Å². The van der Waals surface area contributed by atoms with Crippen LogP contribution in [0.4, 0.5) is 0 Å². The quantitative estimate of drug-likeness (QED) is 0.631. The third-order valence-electron chi connectivity index (χ3n) is 2.62. The van der Waals surface area contributed by atoms with Crippen molar-refractivity contribution in [1.82, 2.24) is 0 Å². The lowest BCUT2D eigenvalue weighted by Crippen LogP contribution is -2.41. The maximum absolute atomic E-state index is 11.6. The molecule has 1 fully saturated rings. The van der Waals surface area contributed by atoms with Gasteiger partial charge in [0.05, 0.1) is 17.0 Å². The standard InChI is InChI=1S/C12H11BrO3/c13-11-9(6-10(11)14)7-16-12(15)8-4-2-1-3-5-8/h1-5,9,11H,6-7H2/t9-,11+/m1/s1. The Morgan fingerprint density at radius 2 is 2.06 bits per heavy atom. The van der Waals surface area contributed by atoms with Crippen LogP contribution in [-0.4, -0.2) is 23.2 Å². The lowest BCUT2D eigenvalue weighted by molar-refractivity contribution is -0.126. The van der Waals surface area contributed by atoms with E-state index in [0.717, 1.165) is 0 Å². The zero-order valence-corrected chi connectivity index (χ0v) is 10.1. The molecule has 4 heteroatoms. The number of halogens is 1. The van der Waals surface area contributed by atoms with Gasteiger partial charge in [-0.1, -0.05) is 34.1 Å². The molecule has 1 aromatic rings. The molecule has 1 saturated carbocycles. The number of ketones is 1. The van der Waals surface area contributed by atoms with Crippen LogP contribution in [0.5, 0.6) is 0 Å². The zero-order valence-electron chi connectivity index (χ0n) is 8.56. The SMILES string of the molecule is O=C(OC[C@H]1CC(=O)[C@H]1Br)c1ccccc1. The van der Waals surface area contributed by atoms with E-state index in [1.807, 2.05) is 6.07 Å². The highest BCUT2D eigenvalue weighted by Crippen LogP contribution is 2.30. The Kier molecular flexibility index (Phi) is 3.39. The van der Waals surface area contributed by atoms with E-state index >= 15 is 0 Å². The fourth-order valence-corrected chi connectivity index (χ4v) is 2.09. The van der Waals surface area contributed by atoms with Crippen molar-refractivity contribution in [3.63, 3.8) is 0 Å². The Hall–Kier alpha value is -1.16. The van der Waals surface area contributed by atoms with Crippen molar-refractivity contribution in [2.75, 3.05) is 6.61 Å². The van der Waals surface area contributed by atoms with Gasteiger partial charge in [0, 0.05) is 12.3 Å². The minimum Gasteiger partial charge on any atom is -0.462 e. The second kappa shape index (κ2) is 4.78. The normalized spacial score (nSPS) is 23.7. The van der Waals surface area contributed by atoms with Crippen molar-refractivity contribution >= 4 is 27.7 Å². The van der Waals surface area contributed by atoms with E-state index in [4.69, 9.17) is 4.74 Å². The second-order valence-electron chi connectivity index (χ2n) is 3.80. The summed E-state index contributed by atoms with van der Waals surface area (Å²) in [5, 5.41) is 0. The lowest BCUT2D eigenvalue weighted by Gasteiger charge is -2.29. The van der Waals surface area contributed by atoms with Gasteiger partial charge in [0.2, 0.25) is 0 Å². The topological polar surface area (TPSA) is 43.4 Å². The first-order chi connectivity index (χ1) is 7.68. The average Bonchev–Trinajstić information content (AvgIpc) is 2.34. The molecule has 0 saturated heterocycles. The molecule has 16 heavy (non-hydrogen) atoms. The fraction of sp³-hybridized carbons (Fsp3) is 0.333. The van der Waals surface area contributed by atoms with E-state index in [-0.39, 0.29) is 22.5 Å². The van der Waals surface area contributed by atoms with Gasteiger partial charge in [-0.3, -0.25) is 4.79 Å². The number of rotatable bonds is 3. The van der Waals surface area contributed by atoms with Gasteiger partial charge in [-0.05, 0) is 12.1 Å². The predicted molar refractivity (Wildman–Crippen MR) is 62.6 cm³/mol. The number of ether oxygens (including phenoxy) is 1. The molecule has 1 aromatic carbocycles. The number of carbonyl (C=O) groups excluding carboxylic acids is 2. The van der Waals surface area contributed by atoms with Gasteiger partial charge >= 0.3 is 5.97 Å². The Bertz CT molecular complexity index is 402. The van der Waals surface area contributed by atoms with Crippen molar-refractivity contribution in [3.05, 3.63) is 35.9 Å². The molecule has 0 N–H and O–H groups in total. The highest BCUT2D eigenvalue weighted by molar-refractivity contribution is 9.10. The van der Waals surface area contributed by atoms with E-state index in [0.29, 0.717) is 18.6 Å². The number of hydrogen-bond acceptors (Lipinski definition) is 3. The minimum atomic E-state index is -0.334. The number of Topliss-reactive ketones (excluding diaryl/α,β-unsaturated/α-hetero) is 1. The summed E-state index contributed by atoms with van der Waals surface area (Å²) in [7, 11) is 0. The smallest absolute Gasteiger partial charge is 0.338 e. The van der Waals surface area contributed by atoms with E-state index in [1.54, 1.807) is 24.3 Å². The van der Waals surface area contributed by atoms with Crippen LogP contribution < -0.4 is 0 Å². The molecule has 0 bridgehead atoms. The number of benzene rings is 1. The van der Waals surface area contributed by atoms with Crippen LogP contribution in [-0.2, 0) is 9.53 Å². The molecule has 0 aromatic heterocycles. The van der Waals surface area contributed by atoms with Crippen LogP contribution in [0.1, 0.15) is 16.8 Å². The molecule has 2 rings (SSSR count). The monoisotopic (exact) mass is 282 g/mol. The van der Waals surface area contributed by atoms with E-state index in [1.165, 1.54) is 0 Å². The molecule has 0 spiro atoms. The van der Waals surface area contributed by atoms with Crippen molar-refractivity contribution in [2.24, 2.45) is 5.92 Å². The lowest BCUT2D eigenvalue weighted by atomic mass is 9.84. The molecular formula is C12H11BrO3. The van der Waals surface area contributed by atoms with Crippen LogP contribution in [0.3, 0.4) is 0 Å². The van der Waals surface area contributed by atoms with Crippen molar-refractivity contribution in [3.8, 4) is 0 Å². The Morgan fingerprint density at radius 3 is 2.62 bits per heavy atom. The molecule has 84 valence electrons. The molecule has 0 radical (unpaired) electrons. The average molecular weight is 283 g/mol. The van der Waals surface area contributed by atoms with Crippen LogP contribution in [0, 0.1) is 5.92 Å². The third kappa shape index (κ3) is 2.32. The molecule has 0 heterocycles. The van der Waals surface area contributed by atoms with E-state index in [2.05, 4.69) is 15.9 Å². The number of esters is 1. The maximum Gasteiger partial charge on any atom is 0.338 e. The van der Waals surface area contributed by atoms with Crippen molar-refractivity contribution < 1.29 is 14.3 Å². The molecular weight excluding hydrogens is 272 g/mol. The number of hydrogen-bond donors (Lipinski definition) is 0. The van der Waals surface area contributed by atoms with Crippen LogP contribution in [0.25, 0.3) is 0 Å². The third-order valence-corrected chi connectivity index (χ3v) is 3.88. The molecule has 0 amide bonds. The highest BCUT2D eigenvalue weighted by atomic mass is 79.9. The summed E-state index contributed by atoms with van der Waals surface area (Å²) in [6.07, 6.45) is 0.498. The molecule has 0 unspecified atom stereocenters. The summed E-state index contributed by atoms with van der Waals surface area (Å²) >= 11 is 3.26. The van der Waals surface area contributed by atoms with Crippen molar-refractivity contribution in [1.29, 1.82) is 0 Å². The van der Waals surface area contributed by atoms with Crippen molar-refractivity contribution in [2.45, 2.75) is 11.2 Å². The summed E-state index contributed by atoms with van der Waals surface area (Å²) in [5.74, 6) is -0.0272. The molecule has 0 aliphatic heterocycles. The molecule has 2 atom stereocenters. The number of alkyl halides is 1. The van der Waals surface area contributed by atoms with Gasteiger partial charge in [0.25, 0.3) is 0 Å². The van der Waals surface area contributed by atoms with Crippen LogP contribution >= 0.6 is 15.9 Å². The van der Waals surface area contributed by atoms with Gasteiger partial charge in [-0.25, -0.2) is 4.79 Å². The Morgan fingerprint density at radius 1 is 1.38 bits per heavy atom. The first-order valence-corrected chi connectivity index (χ1v) is 5.99. The summed E-state index contributed by atoms with van der Waals surface area (Å²) in [6, 6.07) is 8.84. The first-order valence-electron chi connectivity index (χ1n) is 5.07. The Labute approximate surface area is 102 Å². The first kappa shape index (κ1) is 11.3. The van der Waals surface area contributed by atoms with Crippen LogP contribution in [0.2, 0.25) is 0 Å². The Balaban J connectivity index is 1.83. The summed E-state index contributed by atoms with van der Waals surface area (Å²) in [4.78, 5) is 22.4. The van der Waals surface area contributed by atoms with Gasteiger partial charge in [-0.15, -0.1) is 0 Å². The largest absolute Gasteiger partial charge is 0.462 e. The summed E-state index contributed by atoms with van der Waals surface area (Å²) in [6.45, 7) is 0.301. The molecule has 3 nitrogen and oxygen atoms in total. The maximum atomic E-state index is 11.6. The second-order valence-corrected chi connectivity index (χ2v) is 4.78. The minimum absolute atomic E-state index is 0.125. The highest BCUT2D eigenvalue weighted by Gasteiger charge is 2.38. The predicted octanol–water partition coefficient (Wildman–Crippen LogP) is 2.20. The van der Waals surface area contributed by atoms with E-state index < -0.39 is 0 Å².